The molecule has 0 radical (unpaired) electrons. The molecule has 0 unspecified atom stereocenters. The minimum Gasteiger partial charge on any atom is -0.497 e. The molecule has 0 saturated carbocycles. The number of piperazine rings is 1. The topological polar surface area (TPSA) is 80.8 Å². The zero-order valence-corrected chi connectivity index (χ0v) is 18.7. The number of methoxy groups -OCH3 is 1. The summed E-state index contributed by atoms with van der Waals surface area (Å²) in [4.78, 5) is 31.6. The molecular weight excluding hydrogens is 418 g/mol. The summed E-state index contributed by atoms with van der Waals surface area (Å²) in [6.45, 7) is 2.57. The maximum absolute atomic E-state index is 13.2. The molecule has 2 heterocycles. The molecule has 1 N–H and O–H groups in total. The Balaban J connectivity index is 1.46. The summed E-state index contributed by atoms with van der Waals surface area (Å²) < 4.78 is 11.1. The Morgan fingerprint density at radius 2 is 1.79 bits per heavy atom. The largest absolute Gasteiger partial charge is 0.497 e. The van der Waals surface area contributed by atoms with E-state index >= 15 is 0 Å². The quantitative estimate of drug-likeness (QED) is 0.605. The van der Waals surface area contributed by atoms with Gasteiger partial charge < -0.3 is 19.7 Å². The summed E-state index contributed by atoms with van der Waals surface area (Å²) >= 11 is 0. The molecule has 1 saturated heterocycles. The predicted octanol–water partition coefficient (Wildman–Crippen LogP) is 3.09. The molecular formula is C26H27N3O4. The van der Waals surface area contributed by atoms with E-state index in [0.29, 0.717) is 31.0 Å². The summed E-state index contributed by atoms with van der Waals surface area (Å²) in [6, 6.07) is 18.5. The fourth-order valence-electron chi connectivity index (χ4n) is 3.94. The van der Waals surface area contributed by atoms with Crippen molar-refractivity contribution >= 4 is 11.8 Å². The van der Waals surface area contributed by atoms with Gasteiger partial charge in [-0.15, -0.1) is 0 Å². The van der Waals surface area contributed by atoms with Crippen LogP contribution in [0.15, 0.2) is 73.1 Å². The molecule has 1 aromatic heterocycles. The van der Waals surface area contributed by atoms with Gasteiger partial charge in [-0.3, -0.25) is 14.6 Å². The monoisotopic (exact) mass is 445 g/mol. The minimum atomic E-state index is -0.737. The molecule has 170 valence electrons. The van der Waals surface area contributed by atoms with Crippen molar-refractivity contribution in [2.24, 2.45) is 0 Å². The number of nitrogens with one attached hydrogen (secondary N) is 1. The van der Waals surface area contributed by atoms with Gasteiger partial charge in [-0.1, -0.05) is 30.3 Å². The lowest BCUT2D eigenvalue weighted by Crippen LogP contribution is -2.60. The van der Waals surface area contributed by atoms with Crippen LogP contribution in [0.1, 0.15) is 12.5 Å². The Kier molecular flexibility index (Phi) is 6.88. The van der Waals surface area contributed by atoms with Gasteiger partial charge in [-0.05, 0) is 47.9 Å². The molecule has 7 nitrogen and oxygen atoms in total. The lowest BCUT2D eigenvalue weighted by molar-refractivity contribution is -0.147. The molecule has 0 bridgehead atoms. The van der Waals surface area contributed by atoms with Gasteiger partial charge in [0.1, 0.15) is 17.5 Å². The first-order chi connectivity index (χ1) is 16.0. The first kappa shape index (κ1) is 22.3. The van der Waals surface area contributed by atoms with Crippen molar-refractivity contribution in [2.45, 2.75) is 25.5 Å². The first-order valence-electron chi connectivity index (χ1n) is 10.9. The SMILES string of the molecule is COc1cccc(O[C@@H](C)C(=O)N2CCNC(=O)[C@H]2Cc2ccc(-c3ccncc3)cc2)c1. The van der Waals surface area contributed by atoms with Gasteiger partial charge in [-0.25, -0.2) is 0 Å². The summed E-state index contributed by atoms with van der Waals surface area (Å²) in [5.74, 6) is 0.824. The van der Waals surface area contributed by atoms with E-state index in [1.807, 2.05) is 42.5 Å². The van der Waals surface area contributed by atoms with Crippen LogP contribution in [0.4, 0.5) is 0 Å². The Hall–Kier alpha value is -3.87. The number of ether oxygens (including phenoxy) is 2. The summed E-state index contributed by atoms with van der Waals surface area (Å²) in [5, 5.41) is 2.88. The van der Waals surface area contributed by atoms with E-state index in [0.717, 1.165) is 16.7 Å². The molecule has 1 aliphatic heterocycles. The molecule has 4 rings (SSSR count). The summed E-state index contributed by atoms with van der Waals surface area (Å²) in [7, 11) is 1.58. The van der Waals surface area contributed by atoms with Crippen LogP contribution in [0.5, 0.6) is 11.5 Å². The maximum Gasteiger partial charge on any atom is 0.264 e. The molecule has 0 aliphatic carbocycles. The van der Waals surface area contributed by atoms with E-state index in [-0.39, 0.29) is 11.8 Å². The number of carbonyl (C=O) groups is 2. The highest BCUT2D eigenvalue weighted by molar-refractivity contribution is 5.90. The standard InChI is InChI=1S/C26H27N3O4/c1-18(33-23-5-3-4-22(17-23)32-2)26(31)29-15-14-28-25(30)24(29)16-19-6-8-20(9-7-19)21-10-12-27-13-11-21/h3-13,17-18,24H,14-16H2,1-2H3,(H,28,30)/t18-,24+/m0/s1. The van der Waals surface area contributed by atoms with Crippen molar-refractivity contribution in [3.63, 3.8) is 0 Å². The molecule has 7 heteroatoms. The third-order valence-electron chi connectivity index (χ3n) is 5.71. The predicted molar refractivity (Wildman–Crippen MR) is 125 cm³/mol. The summed E-state index contributed by atoms with van der Waals surface area (Å²) in [6.07, 6.45) is 3.21. The van der Waals surface area contributed by atoms with Gasteiger partial charge in [0.25, 0.3) is 5.91 Å². The van der Waals surface area contributed by atoms with Crippen molar-refractivity contribution in [3.8, 4) is 22.6 Å². The Labute approximate surface area is 193 Å². The van der Waals surface area contributed by atoms with E-state index in [2.05, 4.69) is 10.3 Å². The average molecular weight is 446 g/mol. The normalized spacial score (nSPS) is 16.6. The molecule has 2 aromatic carbocycles. The van der Waals surface area contributed by atoms with E-state index in [1.165, 1.54) is 0 Å². The minimum absolute atomic E-state index is 0.151. The van der Waals surface area contributed by atoms with E-state index in [9.17, 15) is 9.59 Å². The molecule has 3 aromatic rings. The molecule has 1 aliphatic rings. The van der Waals surface area contributed by atoms with Gasteiger partial charge >= 0.3 is 0 Å². The number of hydrogen-bond acceptors (Lipinski definition) is 5. The van der Waals surface area contributed by atoms with Crippen LogP contribution in [-0.2, 0) is 16.0 Å². The number of hydrogen-bond donors (Lipinski definition) is 1. The molecule has 33 heavy (non-hydrogen) atoms. The van der Waals surface area contributed by atoms with Gasteiger partial charge in [0, 0.05) is 38.0 Å². The smallest absolute Gasteiger partial charge is 0.264 e. The van der Waals surface area contributed by atoms with Gasteiger partial charge in [0.05, 0.1) is 7.11 Å². The van der Waals surface area contributed by atoms with Crippen molar-refractivity contribution in [3.05, 3.63) is 78.6 Å². The van der Waals surface area contributed by atoms with Crippen LogP contribution < -0.4 is 14.8 Å². The van der Waals surface area contributed by atoms with E-state index < -0.39 is 12.1 Å². The highest BCUT2D eigenvalue weighted by Gasteiger charge is 2.35. The number of carbonyl (C=O) groups excluding carboxylic acids is 2. The molecule has 2 atom stereocenters. The molecule has 1 fully saturated rings. The van der Waals surface area contributed by atoms with Crippen LogP contribution >= 0.6 is 0 Å². The van der Waals surface area contributed by atoms with Crippen LogP contribution in [0.2, 0.25) is 0 Å². The van der Waals surface area contributed by atoms with Gasteiger partial charge in [0.2, 0.25) is 5.91 Å². The Morgan fingerprint density at radius 3 is 2.52 bits per heavy atom. The fraction of sp³-hybridized carbons (Fsp3) is 0.269. The highest BCUT2D eigenvalue weighted by atomic mass is 16.5. The van der Waals surface area contributed by atoms with Crippen LogP contribution in [-0.4, -0.2) is 54.0 Å². The highest BCUT2D eigenvalue weighted by Crippen LogP contribution is 2.23. The van der Waals surface area contributed by atoms with Crippen LogP contribution in [0.25, 0.3) is 11.1 Å². The lowest BCUT2D eigenvalue weighted by atomic mass is 9.99. The van der Waals surface area contributed by atoms with Crippen molar-refractivity contribution in [1.82, 2.24) is 15.2 Å². The number of pyridine rings is 1. The van der Waals surface area contributed by atoms with Crippen LogP contribution in [0.3, 0.4) is 0 Å². The van der Waals surface area contributed by atoms with E-state index in [4.69, 9.17) is 9.47 Å². The molecule has 0 spiro atoms. The second kappa shape index (κ2) is 10.2. The lowest BCUT2D eigenvalue weighted by Gasteiger charge is -2.36. The third-order valence-corrected chi connectivity index (χ3v) is 5.71. The fourth-order valence-corrected chi connectivity index (χ4v) is 3.94. The second-order valence-electron chi connectivity index (χ2n) is 7.91. The van der Waals surface area contributed by atoms with E-state index in [1.54, 1.807) is 49.5 Å². The number of nitrogens with zero attached hydrogens (tertiary/aromatic N) is 2. The Morgan fingerprint density at radius 1 is 1.09 bits per heavy atom. The van der Waals surface area contributed by atoms with Crippen molar-refractivity contribution < 1.29 is 19.1 Å². The van der Waals surface area contributed by atoms with Crippen molar-refractivity contribution in [2.75, 3.05) is 20.2 Å². The Bertz CT molecular complexity index is 1100. The zero-order chi connectivity index (χ0) is 23.2. The number of aromatic nitrogens is 1. The average Bonchev–Trinajstić information content (AvgIpc) is 2.86. The van der Waals surface area contributed by atoms with Gasteiger partial charge in [-0.2, -0.15) is 0 Å². The van der Waals surface area contributed by atoms with Crippen LogP contribution in [0, 0.1) is 0 Å². The molecule has 2 amide bonds. The number of rotatable bonds is 7. The van der Waals surface area contributed by atoms with Crippen molar-refractivity contribution in [1.29, 1.82) is 0 Å². The number of benzene rings is 2. The first-order valence-corrected chi connectivity index (χ1v) is 10.9. The second-order valence-corrected chi connectivity index (χ2v) is 7.91. The number of amides is 2. The van der Waals surface area contributed by atoms with Gasteiger partial charge in [0.15, 0.2) is 6.10 Å². The third kappa shape index (κ3) is 5.31. The summed E-state index contributed by atoms with van der Waals surface area (Å²) in [5.41, 5.74) is 3.13. The zero-order valence-electron chi connectivity index (χ0n) is 18.7. The maximum atomic E-state index is 13.2.